The van der Waals surface area contributed by atoms with Gasteiger partial charge in [-0.05, 0) is 6.42 Å². The fraction of sp³-hybridized carbons (Fsp3) is 0.846. The van der Waals surface area contributed by atoms with E-state index in [0.29, 0.717) is 18.1 Å². The van der Waals surface area contributed by atoms with Gasteiger partial charge in [0, 0.05) is 5.75 Å². The van der Waals surface area contributed by atoms with Gasteiger partial charge in [-0.25, -0.2) is 4.79 Å². The van der Waals surface area contributed by atoms with Crippen molar-refractivity contribution < 1.29 is 14.3 Å². The zero-order chi connectivity index (χ0) is 13.2. The summed E-state index contributed by atoms with van der Waals surface area (Å²) in [6.07, 6.45) is 7.03. The van der Waals surface area contributed by atoms with E-state index in [1.54, 1.807) is 0 Å². The van der Waals surface area contributed by atoms with E-state index in [1.807, 2.05) is 0 Å². The average Bonchev–Trinajstić information content (AvgIpc) is 2.37. The van der Waals surface area contributed by atoms with Crippen LogP contribution < -0.4 is 5.32 Å². The third-order valence-corrected chi connectivity index (χ3v) is 3.91. The van der Waals surface area contributed by atoms with E-state index in [1.165, 1.54) is 37.4 Å². The normalized spacial score (nSPS) is 19.4. The second-order valence-corrected chi connectivity index (χ2v) is 5.60. The molecule has 0 aromatic rings. The van der Waals surface area contributed by atoms with Crippen molar-refractivity contribution in [3.05, 3.63) is 0 Å². The molecule has 4 nitrogen and oxygen atoms in total. The molecular weight excluding hydrogens is 250 g/mol. The van der Waals surface area contributed by atoms with Crippen LogP contribution in [0.3, 0.4) is 0 Å². The molecule has 1 atom stereocenters. The zero-order valence-corrected chi connectivity index (χ0v) is 11.9. The van der Waals surface area contributed by atoms with E-state index >= 15 is 0 Å². The average molecular weight is 273 g/mol. The van der Waals surface area contributed by atoms with Crippen molar-refractivity contribution >= 4 is 23.6 Å². The van der Waals surface area contributed by atoms with Crippen LogP contribution in [0.4, 0.5) is 0 Å². The number of amides is 1. The van der Waals surface area contributed by atoms with Gasteiger partial charge in [0.1, 0.15) is 6.04 Å². The summed E-state index contributed by atoms with van der Waals surface area (Å²) in [4.78, 5) is 22.7. The molecule has 0 aromatic heterocycles. The molecule has 1 heterocycles. The third kappa shape index (κ3) is 6.28. The van der Waals surface area contributed by atoms with Crippen LogP contribution in [0.1, 0.15) is 45.4 Å². The summed E-state index contributed by atoms with van der Waals surface area (Å²) in [6, 6.07) is -0.448. The van der Waals surface area contributed by atoms with Gasteiger partial charge in [0.2, 0.25) is 5.91 Å². The minimum atomic E-state index is -0.448. The molecule has 1 saturated heterocycles. The van der Waals surface area contributed by atoms with Gasteiger partial charge in [0.15, 0.2) is 0 Å². The number of ether oxygens (including phenoxy) is 1. The van der Waals surface area contributed by atoms with Gasteiger partial charge in [-0.1, -0.05) is 39.0 Å². The summed E-state index contributed by atoms with van der Waals surface area (Å²) in [5.74, 6) is 0.708. The Hall–Kier alpha value is -0.710. The number of carbonyl (C=O) groups is 2. The second kappa shape index (κ2) is 9.25. The molecule has 0 unspecified atom stereocenters. The van der Waals surface area contributed by atoms with Crippen LogP contribution in [0.2, 0.25) is 0 Å². The largest absolute Gasteiger partial charge is 0.464 e. The van der Waals surface area contributed by atoms with E-state index in [9.17, 15) is 9.59 Å². The van der Waals surface area contributed by atoms with Crippen LogP contribution in [0, 0.1) is 0 Å². The van der Waals surface area contributed by atoms with Gasteiger partial charge < -0.3 is 10.1 Å². The quantitative estimate of drug-likeness (QED) is 0.543. The number of rotatable bonds is 8. The number of nitrogens with one attached hydrogen (secondary N) is 1. The van der Waals surface area contributed by atoms with Crippen molar-refractivity contribution in [2.45, 2.75) is 51.5 Å². The molecule has 0 saturated carbocycles. The number of unbranched alkanes of at least 4 members (excludes halogenated alkanes) is 5. The van der Waals surface area contributed by atoms with Crippen LogP contribution in [0.25, 0.3) is 0 Å². The molecule has 104 valence electrons. The number of carbonyl (C=O) groups excluding carboxylic acids is 2. The van der Waals surface area contributed by atoms with Gasteiger partial charge in [-0.3, -0.25) is 4.79 Å². The molecule has 0 radical (unpaired) electrons. The van der Waals surface area contributed by atoms with E-state index in [2.05, 4.69) is 12.2 Å². The van der Waals surface area contributed by atoms with E-state index in [-0.39, 0.29) is 11.9 Å². The highest BCUT2D eigenvalue weighted by Crippen LogP contribution is 2.10. The Morgan fingerprint density at radius 2 is 2.06 bits per heavy atom. The molecule has 0 aromatic carbocycles. The lowest BCUT2D eigenvalue weighted by Gasteiger charge is -2.21. The standard InChI is InChI=1S/C13H23NO3S/c1-2-3-4-5-6-7-8-17-13(16)11-9-18-10-12(15)14-11/h11H,2-10H2,1H3,(H,14,15)/t11-/m0/s1. The first-order valence-electron chi connectivity index (χ1n) is 6.77. The first-order valence-corrected chi connectivity index (χ1v) is 7.93. The predicted octanol–water partition coefficient (Wildman–Crippen LogP) is 2.12. The van der Waals surface area contributed by atoms with Gasteiger partial charge in [0.25, 0.3) is 0 Å². The van der Waals surface area contributed by atoms with Crippen molar-refractivity contribution in [2.75, 3.05) is 18.1 Å². The third-order valence-electron chi connectivity index (χ3n) is 2.88. The molecule has 18 heavy (non-hydrogen) atoms. The summed E-state index contributed by atoms with van der Waals surface area (Å²) in [5.41, 5.74) is 0. The van der Waals surface area contributed by atoms with E-state index in [4.69, 9.17) is 4.74 Å². The van der Waals surface area contributed by atoms with Crippen molar-refractivity contribution in [3.63, 3.8) is 0 Å². The number of hydrogen-bond donors (Lipinski definition) is 1. The molecular formula is C13H23NO3S. The highest BCUT2D eigenvalue weighted by molar-refractivity contribution is 8.00. The van der Waals surface area contributed by atoms with Gasteiger partial charge in [-0.15, -0.1) is 11.8 Å². The summed E-state index contributed by atoms with van der Waals surface area (Å²) >= 11 is 1.48. The highest BCUT2D eigenvalue weighted by atomic mass is 32.2. The van der Waals surface area contributed by atoms with Crippen LogP contribution in [0.15, 0.2) is 0 Å². The Bertz CT molecular complexity index is 271. The van der Waals surface area contributed by atoms with Gasteiger partial charge >= 0.3 is 5.97 Å². The van der Waals surface area contributed by atoms with Crippen LogP contribution >= 0.6 is 11.8 Å². The lowest BCUT2D eigenvalue weighted by atomic mass is 10.1. The number of esters is 1. The number of hydrogen-bond acceptors (Lipinski definition) is 4. The van der Waals surface area contributed by atoms with Crippen molar-refractivity contribution in [1.29, 1.82) is 0 Å². The minimum Gasteiger partial charge on any atom is -0.464 e. The molecule has 0 aliphatic carbocycles. The lowest BCUT2D eigenvalue weighted by Crippen LogP contribution is -2.47. The minimum absolute atomic E-state index is 0.0761. The molecule has 1 fully saturated rings. The Kier molecular flexibility index (Phi) is 7.89. The van der Waals surface area contributed by atoms with Crippen LogP contribution in [0.5, 0.6) is 0 Å². The molecule has 0 spiro atoms. The zero-order valence-electron chi connectivity index (χ0n) is 11.1. The Morgan fingerprint density at radius 3 is 2.78 bits per heavy atom. The van der Waals surface area contributed by atoms with Crippen molar-refractivity contribution in [2.24, 2.45) is 0 Å². The SMILES string of the molecule is CCCCCCCCOC(=O)[C@@H]1CSCC(=O)N1. The second-order valence-electron chi connectivity index (χ2n) is 4.57. The highest BCUT2D eigenvalue weighted by Gasteiger charge is 2.26. The monoisotopic (exact) mass is 273 g/mol. The first-order chi connectivity index (χ1) is 8.74. The molecule has 1 aliphatic heterocycles. The van der Waals surface area contributed by atoms with Gasteiger partial charge in [-0.2, -0.15) is 0 Å². The fourth-order valence-corrected chi connectivity index (χ4v) is 2.67. The molecule has 5 heteroatoms. The Morgan fingerprint density at radius 1 is 1.33 bits per heavy atom. The maximum absolute atomic E-state index is 11.6. The lowest BCUT2D eigenvalue weighted by molar-refractivity contribution is -0.147. The maximum atomic E-state index is 11.6. The molecule has 1 aliphatic rings. The maximum Gasteiger partial charge on any atom is 0.329 e. The Balaban J connectivity index is 2.01. The fourth-order valence-electron chi connectivity index (χ4n) is 1.83. The van der Waals surface area contributed by atoms with Crippen molar-refractivity contribution in [1.82, 2.24) is 5.32 Å². The summed E-state index contributed by atoms with van der Waals surface area (Å²) in [6.45, 7) is 2.67. The van der Waals surface area contributed by atoms with Crippen molar-refractivity contribution in [3.8, 4) is 0 Å². The predicted molar refractivity (Wildman–Crippen MR) is 73.6 cm³/mol. The Labute approximate surface area is 113 Å². The van der Waals surface area contributed by atoms with Gasteiger partial charge in [0.05, 0.1) is 12.4 Å². The summed E-state index contributed by atoms with van der Waals surface area (Å²) in [7, 11) is 0. The summed E-state index contributed by atoms with van der Waals surface area (Å²) < 4.78 is 5.17. The first kappa shape index (κ1) is 15.3. The van der Waals surface area contributed by atoms with E-state index < -0.39 is 6.04 Å². The summed E-state index contributed by atoms with van der Waals surface area (Å²) in [5, 5.41) is 2.65. The van der Waals surface area contributed by atoms with Crippen LogP contribution in [-0.2, 0) is 14.3 Å². The molecule has 1 N–H and O–H groups in total. The topological polar surface area (TPSA) is 55.4 Å². The van der Waals surface area contributed by atoms with Crippen LogP contribution in [-0.4, -0.2) is 36.0 Å². The van der Waals surface area contributed by atoms with E-state index in [0.717, 1.165) is 12.8 Å². The molecule has 1 rings (SSSR count). The molecule has 1 amide bonds. The molecule has 0 bridgehead atoms. The smallest absolute Gasteiger partial charge is 0.329 e. The number of thioether (sulfide) groups is 1.